The molecule has 130 valence electrons. The fraction of sp³-hybridized carbons (Fsp3) is 0.0370. The molecular formula is C27H18Si. The molecule has 2 aliphatic rings. The van der Waals surface area contributed by atoms with E-state index in [2.05, 4.69) is 85.5 Å². The summed E-state index contributed by atoms with van der Waals surface area (Å²) in [6.07, 6.45) is 15.2. The van der Waals surface area contributed by atoms with Gasteiger partial charge in [0.1, 0.15) is 0 Å². The summed E-state index contributed by atoms with van der Waals surface area (Å²) in [5.74, 6) is 5.49. The zero-order chi connectivity index (χ0) is 19.3. The van der Waals surface area contributed by atoms with Gasteiger partial charge in [-0.1, -0.05) is 71.6 Å². The summed E-state index contributed by atoms with van der Waals surface area (Å²) in [5.41, 5.74) is 6.14. The lowest BCUT2D eigenvalue weighted by molar-refractivity contribution is 1.62. The van der Waals surface area contributed by atoms with Gasteiger partial charge in [0.2, 0.25) is 0 Å². The van der Waals surface area contributed by atoms with Crippen molar-refractivity contribution in [3.8, 4) is 35.8 Å². The molecule has 3 aromatic carbocycles. The second-order valence-corrected chi connectivity index (χ2v) is 11.2. The van der Waals surface area contributed by atoms with Crippen LogP contribution in [0.1, 0.15) is 18.1 Å². The van der Waals surface area contributed by atoms with E-state index in [0.29, 0.717) is 0 Å². The van der Waals surface area contributed by atoms with Gasteiger partial charge < -0.3 is 0 Å². The van der Waals surface area contributed by atoms with Gasteiger partial charge in [-0.15, -0.1) is 12.8 Å². The van der Waals surface area contributed by atoms with Crippen LogP contribution in [0.15, 0.2) is 84.1 Å². The van der Waals surface area contributed by atoms with Crippen LogP contribution < -0.4 is 15.6 Å². The molecule has 0 saturated carbocycles. The molecule has 0 aliphatic carbocycles. The maximum Gasteiger partial charge on any atom is 0.177 e. The topological polar surface area (TPSA) is 0 Å². The molecule has 0 unspecified atom stereocenters. The highest BCUT2D eigenvalue weighted by atomic mass is 28.3. The molecule has 0 atom stereocenters. The first-order valence-corrected chi connectivity index (χ1v) is 11.4. The number of hydrogen-bond donors (Lipinski definition) is 0. The van der Waals surface area contributed by atoms with E-state index in [-0.39, 0.29) is 0 Å². The van der Waals surface area contributed by atoms with Gasteiger partial charge in [-0.25, -0.2) is 0 Å². The average molecular weight is 371 g/mol. The van der Waals surface area contributed by atoms with Gasteiger partial charge >= 0.3 is 0 Å². The van der Waals surface area contributed by atoms with Crippen molar-refractivity contribution in [2.75, 3.05) is 0 Å². The number of allylic oxidation sites excluding steroid dienone is 4. The summed E-state index contributed by atoms with van der Waals surface area (Å²) in [5, 5.41) is 5.72. The van der Waals surface area contributed by atoms with Crippen LogP contribution in [0.4, 0.5) is 0 Å². The van der Waals surface area contributed by atoms with E-state index in [1.165, 1.54) is 43.0 Å². The number of terminal acetylenes is 2. The first-order chi connectivity index (χ1) is 13.7. The lowest BCUT2D eigenvalue weighted by atomic mass is 10.0. The van der Waals surface area contributed by atoms with Gasteiger partial charge in [0, 0.05) is 5.56 Å². The van der Waals surface area contributed by atoms with E-state index in [0.717, 1.165) is 5.56 Å². The third-order valence-electron chi connectivity index (χ3n) is 6.15. The zero-order valence-corrected chi connectivity index (χ0v) is 16.7. The SMILES string of the molecule is C#C/C=C\C1=C(C)[Si]2(c3cc(C#C)ccc31)c1ccccc1-c1ccccc12. The van der Waals surface area contributed by atoms with E-state index < -0.39 is 8.07 Å². The zero-order valence-electron chi connectivity index (χ0n) is 15.7. The molecule has 28 heavy (non-hydrogen) atoms. The molecule has 2 aliphatic heterocycles. The van der Waals surface area contributed by atoms with E-state index in [1.54, 1.807) is 6.08 Å². The van der Waals surface area contributed by atoms with Crippen molar-refractivity contribution in [3.05, 3.63) is 95.2 Å². The fourth-order valence-electron chi connectivity index (χ4n) is 5.06. The molecule has 2 heterocycles. The van der Waals surface area contributed by atoms with Crippen LogP contribution in [0.3, 0.4) is 0 Å². The average Bonchev–Trinajstić information content (AvgIpc) is 3.18. The highest BCUT2D eigenvalue weighted by Crippen LogP contribution is 2.40. The van der Waals surface area contributed by atoms with Crippen LogP contribution in [-0.2, 0) is 0 Å². The molecule has 0 amide bonds. The molecule has 0 radical (unpaired) electrons. The highest BCUT2D eigenvalue weighted by Gasteiger charge is 2.53. The van der Waals surface area contributed by atoms with Gasteiger partial charge in [-0.05, 0) is 69.0 Å². The molecular weight excluding hydrogens is 352 g/mol. The minimum atomic E-state index is -2.33. The third-order valence-corrected chi connectivity index (χ3v) is 11.2. The predicted octanol–water partition coefficient (Wildman–Crippen LogP) is 3.63. The first-order valence-electron chi connectivity index (χ1n) is 9.38. The molecule has 0 aromatic heterocycles. The first kappa shape index (κ1) is 16.6. The Balaban J connectivity index is 1.98. The maximum absolute atomic E-state index is 5.78. The second kappa shape index (κ2) is 6.00. The molecule has 0 nitrogen and oxygen atoms in total. The maximum atomic E-state index is 5.78. The van der Waals surface area contributed by atoms with Crippen LogP contribution in [0, 0.1) is 24.7 Å². The van der Waals surface area contributed by atoms with Crippen LogP contribution in [-0.4, -0.2) is 8.07 Å². The normalized spacial score (nSPS) is 15.2. The summed E-state index contributed by atoms with van der Waals surface area (Å²) in [4.78, 5) is 0. The van der Waals surface area contributed by atoms with Crippen LogP contribution in [0.2, 0.25) is 0 Å². The quantitative estimate of drug-likeness (QED) is 0.453. The van der Waals surface area contributed by atoms with E-state index in [4.69, 9.17) is 12.8 Å². The molecule has 0 bridgehead atoms. The van der Waals surface area contributed by atoms with E-state index in [9.17, 15) is 0 Å². The number of hydrogen-bond acceptors (Lipinski definition) is 0. The third kappa shape index (κ3) is 1.92. The van der Waals surface area contributed by atoms with E-state index >= 15 is 0 Å². The van der Waals surface area contributed by atoms with Crippen LogP contribution in [0.25, 0.3) is 16.7 Å². The molecule has 0 N–H and O–H groups in total. The van der Waals surface area contributed by atoms with Gasteiger partial charge in [-0.2, -0.15) is 0 Å². The fourth-order valence-corrected chi connectivity index (χ4v) is 10.7. The van der Waals surface area contributed by atoms with E-state index in [1.807, 2.05) is 6.07 Å². The van der Waals surface area contributed by atoms with Gasteiger partial charge in [0.05, 0.1) is 0 Å². The van der Waals surface area contributed by atoms with Gasteiger partial charge in [0.25, 0.3) is 0 Å². The largest absolute Gasteiger partial charge is 0.177 e. The highest BCUT2D eigenvalue weighted by molar-refractivity contribution is 7.20. The van der Waals surface area contributed by atoms with Crippen molar-refractivity contribution in [1.82, 2.24) is 0 Å². The molecule has 1 heteroatoms. The van der Waals surface area contributed by atoms with Crippen LogP contribution >= 0.6 is 0 Å². The Kier molecular flexibility index (Phi) is 3.56. The summed E-state index contributed by atoms with van der Waals surface area (Å²) < 4.78 is 0. The van der Waals surface area contributed by atoms with Crippen molar-refractivity contribution in [3.63, 3.8) is 0 Å². The molecule has 0 fully saturated rings. The number of fused-ring (bicyclic) bond motifs is 7. The van der Waals surface area contributed by atoms with Gasteiger partial charge in [0.15, 0.2) is 8.07 Å². The molecule has 3 aromatic rings. The summed E-state index contributed by atoms with van der Waals surface area (Å²) in [7, 11) is -2.33. The smallest absolute Gasteiger partial charge is 0.115 e. The Morgan fingerprint density at radius 3 is 2.04 bits per heavy atom. The Morgan fingerprint density at radius 2 is 1.43 bits per heavy atom. The van der Waals surface area contributed by atoms with Crippen molar-refractivity contribution in [1.29, 1.82) is 0 Å². The minimum absolute atomic E-state index is 0.933. The van der Waals surface area contributed by atoms with Crippen LogP contribution in [0.5, 0.6) is 0 Å². The summed E-state index contributed by atoms with van der Waals surface area (Å²) in [6.45, 7) is 2.29. The Morgan fingerprint density at radius 1 is 0.786 bits per heavy atom. The number of benzene rings is 3. The Labute approximate surface area is 167 Å². The van der Waals surface area contributed by atoms with Crippen molar-refractivity contribution in [2.24, 2.45) is 0 Å². The lowest BCUT2D eigenvalue weighted by Gasteiger charge is -2.28. The monoisotopic (exact) mass is 370 g/mol. The molecule has 1 spiro atoms. The van der Waals surface area contributed by atoms with Crippen molar-refractivity contribution in [2.45, 2.75) is 6.92 Å². The predicted molar refractivity (Wildman–Crippen MR) is 121 cm³/mol. The standard InChI is InChI=1S/C27H18Si/c1-4-6-11-21-19(3)28(27-18-20(5-2)16-17-24(21)27)25-14-9-7-12-22(25)23-13-8-10-15-26(23)28/h1-2,6-18H,3H3/b11-6-. The lowest BCUT2D eigenvalue weighted by Crippen LogP contribution is -2.64. The minimum Gasteiger partial charge on any atom is -0.115 e. The Bertz CT molecular complexity index is 1240. The molecule has 0 saturated heterocycles. The summed E-state index contributed by atoms with van der Waals surface area (Å²) in [6, 6.07) is 24.2. The van der Waals surface area contributed by atoms with Crippen molar-refractivity contribution < 1.29 is 0 Å². The molecule has 5 rings (SSSR count). The summed E-state index contributed by atoms with van der Waals surface area (Å²) >= 11 is 0. The van der Waals surface area contributed by atoms with Crippen molar-refractivity contribution >= 4 is 29.2 Å². The second-order valence-electron chi connectivity index (χ2n) is 7.28. The van der Waals surface area contributed by atoms with Gasteiger partial charge in [-0.3, -0.25) is 0 Å². The Hall–Kier alpha value is -3.52. The number of rotatable bonds is 1.